The lowest BCUT2D eigenvalue weighted by molar-refractivity contribution is 1.29. The van der Waals surface area contributed by atoms with E-state index in [0.29, 0.717) is 0 Å². The van der Waals surface area contributed by atoms with Crippen LogP contribution >= 0.6 is 11.3 Å². The number of fused-ring (bicyclic) bond motifs is 6. The average Bonchev–Trinajstić information content (AvgIpc) is 3.40. The van der Waals surface area contributed by atoms with Crippen LogP contribution in [0.3, 0.4) is 0 Å². The first-order valence-electron chi connectivity index (χ1n) is 13.1. The van der Waals surface area contributed by atoms with Gasteiger partial charge in [-0.15, -0.1) is 11.3 Å². The number of thiophene rings is 1. The molecule has 0 aliphatic heterocycles. The lowest BCUT2D eigenvalue weighted by atomic mass is 9.97. The maximum atomic E-state index is 5.05. The van der Waals surface area contributed by atoms with Gasteiger partial charge >= 0.3 is 0 Å². The maximum Gasteiger partial charge on any atom is 0.0973 e. The Kier molecular flexibility index (Phi) is 5.04. The van der Waals surface area contributed by atoms with Crippen molar-refractivity contribution in [2.45, 2.75) is 0 Å². The number of para-hydroxylation sites is 2. The standard InChI is InChI=1S/C36H22N2S/c1-2-8-24(9-3-1)35-36(38-31-12-6-5-11-30(31)37-35)25-16-14-23(15-17-25)26-18-20-28-27(22-26)19-21-33-34(28)29-10-4-7-13-32(29)39-33/h1-22H. The van der Waals surface area contributed by atoms with Gasteiger partial charge in [-0.2, -0.15) is 0 Å². The van der Waals surface area contributed by atoms with Crippen LogP contribution in [0.5, 0.6) is 0 Å². The highest BCUT2D eigenvalue weighted by Crippen LogP contribution is 2.39. The van der Waals surface area contributed by atoms with Crippen molar-refractivity contribution < 1.29 is 0 Å². The number of hydrogen-bond acceptors (Lipinski definition) is 3. The van der Waals surface area contributed by atoms with Gasteiger partial charge in [0.15, 0.2) is 0 Å². The van der Waals surface area contributed by atoms with E-state index in [1.54, 1.807) is 0 Å². The van der Waals surface area contributed by atoms with Crippen molar-refractivity contribution in [3.05, 3.63) is 133 Å². The zero-order chi connectivity index (χ0) is 25.8. The summed E-state index contributed by atoms with van der Waals surface area (Å²) >= 11 is 1.87. The third kappa shape index (κ3) is 3.70. The van der Waals surface area contributed by atoms with Crippen molar-refractivity contribution >= 4 is 53.3 Å². The lowest BCUT2D eigenvalue weighted by Gasteiger charge is -2.11. The molecule has 0 radical (unpaired) electrons. The van der Waals surface area contributed by atoms with Crippen molar-refractivity contribution in [1.29, 1.82) is 0 Å². The molecule has 0 N–H and O–H groups in total. The minimum absolute atomic E-state index is 0.900. The molecular weight excluding hydrogens is 492 g/mol. The first-order chi connectivity index (χ1) is 19.3. The smallest absolute Gasteiger partial charge is 0.0973 e. The summed E-state index contributed by atoms with van der Waals surface area (Å²) in [6.07, 6.45) is 0. The van der Waals surface area contributed by atoms with Crippen LogP contribution in [0.1, 0.15) is 0 Å². The molecule has 8 aromatic rings. The summed E-state index contributed by atoms with van der Waals surface area (Å²) in [5, 5.41) is 5.27. The van der Waals surface area contributed by atoms with E-state index in [9.17, 15) is 0 Å². The molecule has 182 valence electrons. The Morgan fingerprint density at radius 2 is 1.03 bits per heavy atom. The Balaban J connectivity index is 1.23. The van der Waals surface area contributed by atoms with Crippen molar-refractivity contribution in [1.82, 2.24) is 9.97 Å². The molecule has 0 unspecified atom stereocenters. The molecule has 2 nitrogen and oxygen atoms in total. The number of aromatic nitrogens is 2. The second-order valence-corrected chi connectivity index (χ2v) is 10.9. The van der Waals surface area contributed by atoms with E-state index in [1.165, 1.54) is 42.1 Å². The largest absolute Gasteiger partial charge is 0.244 e. The SMILES string of the molecule is c1ccc(-c2nc3ccccc3nc2-c2ccc(-c3ccc4c(ccc5sc6ccccc6c54)c3)cc2)cc1. The molecule has 6 aromatic carbocycles. The molecule has 0 amide bonds. The van der Waals surface area contributed by atoms with E-state index >= 15 is 0 Å². The van der Waals surface area contributed by atoms with Gasteiger partial charge < -0.3 is 0 Å². The summed E-state index contributed by atoms with van der Waals surface area (Å²) in [6.45, 7) is 0. The Hall–Kier alpha value is -4.86. The molecule has 3 heteroatoms. The predicted molar refractivity (Wildman–Crippen MR) is 166 cm³/mol. The minimum atomic E-state index is 0.900. The second-order valence-electron chi connectivity index (χ2n) is 9.83. The monoisotopic (exact) mass is 514 g/mol. The van der Waals surface area contributed by atoms with Crippen LogP contribution in [0.25, 0.3) is 75.6 Å². The van der Waals surface area contributed by atoms with Gasteiger partial charge in [0.25, 0.3) is 0 Å². The van der Waals surface area contributed by atoms with E-state index in [-0.39, 0.29) is 0 Å². The zero-order valence-corrected chi connectivity index (χ0v) is 21.8. The lowest BCUT2D eigenvalue weighted by Crippen LogP contribution is -1.95. The molecule has 0 bridgehead atoms. The van der Waals surface area contributed by atoms with Crippen LogP contribution in [-0.4, -0.2) is 9.97 Å². The Morgan fingerprint density at radius 1 is 0.410 bits per heavy atom. The number of nitrogens with zero attached hydrogens (tertiary/aromatic N) is 2. The van der Waals surface area contributed by atoms with E-state index in [0.717, 1.165) is 33.5 Å². The van der Waals surface area contributed by atoms with Gasteiger partial charge in [-0.3, -0.25) is 0 Å². The van der Waals surface area contributed by atoms with Crippen LogP contribution in [0, 0.1) is 0 Å². The van der Waals surface area contributed by atoms with Gasteiger partial charge in [-0.1, -0.05) is 103 Å². The number of hydrogen-bond donors (Lipinski definition) is 0. The third-order valence-corrected chi connectivity index (χ3v) is 8.60. The molecule has 0 fully saturated rings. The molecule has 0 aliphatic rings. The summed E-state index contributed by atoms with van der Waals surface area (Å²) < 4.78 is 2.68. The summed E-state index contributed by atoms with van der Waals surface area (Å²) in [5.74, 6) is 0. The molecule has 0 aliphatic carbocycles. The first-order valence-corrected chi connectivity index (χ1v) is 13.9. The highest BCUT2D eigenvalue weighted by atomic mass is 32.1. The van der Waals surface area contributed by atoms with E-state index in [2.05, 4.69) is 91.0 Å². The Labute approximate surface area is 229 Å². The fourth-order valence-electron chi connectivity index (χ4n) is 5.55. The molecular formula is C36H22N2S. The number of rotatable bonds is 3. The van der Waals surface area contributed by atoms with E-state index in [4.69, 9.17) is 9.97 Å². The van der Waals surface area contributed by atoms with Crippen LogP contribution in [0.2, 0.25) is 0 Å². The van der Waals surface area contributed by atoms with E-state index < -0.39 is 0 Å². The molecule has 0 atom stereocenters. The van der Waals surface area contributed by atoms with Crippen LogP contribution in [0.15, 0.2) is 133 Å². The minimum Gasteiger partial charge on any atom is -0.244 e. The topological polar surface area (TPSA) is 25.8 Å². The molecule has 0 spiro atoms. The van der Waals surface area contributed by atoms with Gasteiger partial charge in [-0.25, -0.2) is 9.97 Å². The van der Waals surface area contributed by atoms with Crippen molar-refractivity contribution in [3.63, 3.8) is 0 Å². The average molecular weight is 515 g/mol. The predicted octanol–water partition coefficient (Wildman–Crippen LogP) is 10.2. The van der Waals surface area contributed by atoms with Gasteiger partial charge in [0, 0.05) is 31.3 Å². The summed E-state index contributed by atoms with van der Waals surface area (Å²) in [6, 6.07) is 47.2. The molecule has 0 saturated heterocycles. The van der Waals surface area contributed by atoms with Crippen LogP contribution in [0.4, 0.5) is 0 Å². The highest BCUT2D eigenvalue weighted by molar-refractivity contribution is 7.26. The van der Waals surface area contributed by atoms with Gasteiger partial charge in [-0.05, 0) is 52.2 Å². The van der Waals surface area contributed by atoms with Crippen molar-refractivity contribution in [2.24, 2.45) is 0 Å². The summed E-state index contributed by atoms with van der Waals surface area (Å²) in [5.41, 5.74) is 8.13. The maximum absolute atomic E-state index is 5.05. The van der Waals surface area contributed by atoms with Crippen LogP contribution in [-0.2, 0) is 0 Å². The molecule has 2 aromatic heterocycles. The molecule has 8 rings (SSSR count). The second kappa shape index (κ2) is 8.87. The Morgan fingerprint density at radius 3 is 1.79 bits per heavy atom. The molecule has 39 heavy (non-hydrogen) atoms. The van der Waals surface area contributed by atoms with Crippen molar-refractivity contribution in [3.8, 4) is 33.6 Å². The fraction of sp³-hybridized carbons (Fsp3) is 0. The highest BCUT2D eigenvalue weighted by Gasteiger charge is 2.14. The van der Waals surface area contributed by atoms with Crippen molar-refractivity contribution in [2.75, 3.05) is 0 Å². The quantitative estimate of drug-likeness (QED) is 0.234. The Bertz CT molecular complexity index is 2160. The fourth-order valence-corrected chi connectivity index (χ4v) is 6.67. The summed E-state index contributed by atoms with van der Waals surface area (Å²) in [4.78, 5) is 10.1. The zero-order valence-electron chi connectivity index (χ0n) is 21.0. The molecule has 0 saturated carbocycles. The van der Waals surface area contributed by atoms with Gasteiger partial charge in [0.05, 0.1) is 22.4 Å². The summed E-state index contributed by atoms with van der Waals surface area (Å²) in [7, 11) is 0. The number of benzene rings is 6. The van der Waals surface area contributed by atoms with E-state index in [1.807, 2.05) is 53.8 Å². The van der Waals surface area contributed by atoms with Gasteiger partial charge in [0.2, 0.25) is 0 Å². The molecule has 2 heterocycles. The first kappa shape index (κ1) is 22.2. The van der Waals surface area contributed by atoms with Gasteiger partial charge in [0.1, 0.15) is 0 Å². The van der Waals surface area contributed by atoms with Crippen LogP contribution < -0.4 is 0 Å². The normalized spacial score (nSPS) is 11.6. The third-order valence-electron chi connectivity index (χ3n) is 7.47.